The first-order valence-corrected chi connectivity index (χ1v) is 13.7. The second-order valence-corrected chi connectivity index (χ2v) is 11.0. The summed E-state index contributed by atoms with van der Waals surface area (Å²) in [4.78, 5) is 20.3. The molecule has 3 aromatic rings. The number of alkyl halides is 1. The van der Waals surface area contributed by atoms with E-state index in [0.29, 0.717) is 36.3 Å². The molecule has 1 aromatic carbocycles. The summed E-state index contributed by atoms with van der Waals surface area (Å²) in [5.74, 6) is 1.11. The van der Waals surface area contributed by atoms with E-state index >= 15 is 0 Å². The summed E-state index contributed by atoms with van der Waals surface area (Å²) in [5, 5.41) is 7.42. The fourth-order valence-electron chi connectivity index (χ4n) is 4.18. The molecule has 0 amide bonds. The van der Waals surface area contributed by atoms with Gasteiger partial charge in [0, 0.05) is 55.9 Å². The molecule has 1 aliphatic rings. The maximum absolute atomic E-state index is 13.5. The molecular weight excluding hydrogens is 488 g/mol. The maximum Gasteiger partial charge on any atom is 0.250 e. The molecule has 188 valence electrons. The highest BCUT2D eigenvalue weighted by molar-refractivity contribution is 7.89. The van der Waals surface area contributed by atoms with E-state index in [2.05, 4.69) is 39.1 Å². The van der Waals surface area contributed by atoms with E-state index in [1.165, 1.54) is 6.07 Å². The van der Waals surface area contributed by atoms with Gasteiger partial charge in [0.15, 0.2) is 5.82 Å². The van der Waals surface area contributed by atoms with E-state index in [-0.39, 0.29) is 23.4 Å². The van der Waals surface area contributed by atoms with Crippen molar-refractivity contribution >= 4 is 49.9 Å². The Labute approximate surface area is 210 Å². The predicted octanol–water partition coefficient (Wildman–Crippen LogP) is 2.88. The molecule has 9 nitrogen and oxygen atoms in total. The first-order valence-electron chi connectivity index (χ1n) is 11.7. The Morgan fingerprint density at radius 2 is 2.11 bits per heavy atom. The van der Waals surface area contributed by atoms with E-state index in [1.54, 1.807) is 35.2 Å². The molecule has 0 spiro atoms. The van der Waals surface area contributed by atoms with Crippen molar-refractivity contribution in [2.45, 2.75) is 37.2 Å². The second kappa shape index (κ2) is 10.9. The van der Waals surface area contributed by atoms with Gasteiger partial charge in [-0.1, -0.05) is 0 Å². The van der Waals surface area contributed by atoms with Crippen LogP contribution in [0.4, 0.5) is 11.5 Å². The standard InChI is InChI=1S/C24H31ClN6O3S/c1-17(2)29-20-5-3-10-27-23(20)30-14-12-26-21(16-30)24(32)31-13-8-18-15-19(6-7-22(18)31)35(33,34)28-11-4-9-25/h3,5-8,10,13,15,17,21,26,28-29H,4,9,11-12,14,16H2,1-2H3. The Morgan fingerprint density at radius 1 is 1.29 bits per heavy atom. The van der Waals surface area contributed by atoms with Crippen molar-refractivity contribution in [1.29, 1.82) is 0 Å². The molecule has 0 bridgehead atoms. The fourth-order valence-corrected chi connectivity index (χ4v) is 5.43. The molecule has 3 heterocycles. The summed E-state index contributed by atoms with van der Waals surface area (Å²) in [5.41, 5.74) is 1.60. The SMILES string of the molecule is CC(C)Nc1cccnc1N1CCNC(C(=O)n2ccc3cc(S(=O)(=O)NCCCCl)ccc32)C1. The molecule has 1 atom stereocenters. The molecule has 1 saturated heterocycles. The monoisotopic (exact) mass is 518 g/mol. The number of pyridine rings is 1. The number of anilines is 2. The van der Waals surface area contributed by atoms with Gasteiger partial charge in [0.2, 0.25) is 15.9 Å². The van der Waals surface area contributed by atoms with Crippen molar-refractivity contribution in [2.75, 3.05) is 42.3 Å². The van der Waals surface area contributed by atoms with Crippen LogP contribution in [-0.2, 0) is 10.0 Å². The minimum Gasteiger partial charge on any atom is -0.380 e. The second-order valence-electron chi connectivity index (χ2n) is 8.81. The zero-order valence-electron chi connectivity index (χ0n) is 19.9. The van der Waals surface area contributed by atoms with Crippen LogP contribution in [0, 0.1) is 0 Å². The van der Waals surface area contributed by atoms with Gasteiger partial charge in [0.1, 0.15) is 6.04 Å². The Kier molecular flexibility index (Phi) is 7.95. The zero-order chi connectivity index (χ0) is 25.0. The van der Waals surface area contributed by atoms with Gasteiger partial charge in [0.05, 0.1) is 16.1 Å². The highest BCUT2D eigenvalue weighted by atomic mass is 35.5. The van der Waals surface area contributed by atoms with Crippen LogP contribution >= 0.6 is 11.6 Å². The highest BCUT2D eigenvalue weighted by Crippen LogP contribution is 2.26. The van der Waals surface area contributed by atoms with Crippen molar-refractivity contribution in [1.82, 2.24) is 19.6 Å². The third kappa shape index (κ3) is 5.78. The lowest BCUT2D eigenvalue weighted by Crippen LogP contribution is -2.55. The number of nitrogens with one attached hydrogen (secondary N) is 3. The zero-order valence-corrected chi connectivity index (χ0v) is 21.4. The van der Waals surface area contributed by atoms with E-state index in [1.807, 2.05) is 12.1 Å². The molecule has 1 unspecified atom stereocenters. The molecule has 11 heteroatoms. The van der Waals surface area contributed by atoms with Crippen molar-refractivity contribution in [3.8, 4) is 0 Å². The van der Waals surface area contributed by atoms with Crippen LogP contribution in [0.2, 0.25) is 0 Å². The third-order valence-corrected chi connectivity index (χ3v) is 7.54. The van der Waals surface area contributed by atoms with Crippen LogP contribution in [0.3, 0.4) is 0 Å². The van der Waals surface area contributed by atoms with Gasteiger partial charge in [-0.15, -0.1) is 11.6 Å². The molecule has 35 heavy (non-hydrogen) atoms. The highest BCUT2D eigenvalue weighted by Gasteiger charge is 2.29. The van der Waals surface area contributed by atoms with Crippen molar-refractivity contribution in [3.05, 3.63) is 48.8 Å². The number of benzene rings is 1. The number of piperazine rings is 1. The summed E-state index contributed by atoms with van der Waals surface area (Å²) in [6.45, 7) is 6.27. The summed E-state index contributed by atoms with van der Waals surface area (Å²) >= 11 is 5.64. The lowest BCUT2D eigenvalue weighted by molar-refractivity contribution is 0.0862. The minimum absolute atomic E-state index is 0.102. The summed E-state index contributed by atoms with van der Waals surface area (Å²) in [7, 11) is -3.64. The Hall–Kier alpha value is -2.66. The maximum atomic E-state index is 13.5. The number of rotatable bonds is 9. The molecule has 0 aliphatic carbocycles. The molecule has 1 fully saturated rings. The molecule has 0 saturated carbocycles. The molecular formula is C24H31ClN6O3S. The van der Waals surface area contributed by atoms with Crippen LogP contribution < -0.4 is 20.3 Å². The quantitative estimate of drug-likeness (QED) is 0.295. The molecule has 2 aromatic heterocycles. The van der Waals surface area contributed by atoms with E-state index in [4.69, 9.17) is 11.6 Å². The number of fused-ring (bicyclic) bond motifs is 1. The molecule has 1 aliphatic heterocycles. The van der Waals surface area contributed by atoms with Gasteiger partial charge in [-0.2, -0.15) is 0 Å². The average molecular weight is 519 g/mol. The van der Waals surface area contributed by atoms with Crippen molar-refractivity contribution in [2.24, 2.45) is 0 Å². The third-order valence-electron chi connectivity index (χ3n) is 5.82. The van der Waals surface area contributed by atoms with Crippen LogP contribution in [0.25, 0.3) is 10.9 Å². The van der Waals surface area contributed by atoms with Crippen LogP contribution in [-0.4, -0.2) is 68.0 Å². The van der Waals surface area contributed by atoms with Gasteiger partial charge in [-0.05, 0) is 56.7 Å². The van der Waals surface area contributed by atoms with Crippen LogP contribution in [0.5, 0.6) is 0 Å². The fraction of sp³-hybridized carbons (Fsp3) is 0.417. The van der Waals surface area contributed by atoms with Gasteiger partial charge >= 0.3 is 0 Å². The van der Waals surface area contributed by atoms with E-state index in [0.717, 1.165) is 18.1 Å². The first kappa shape index (κ1) is 25.4. The van der Waals surface area contributed by atoms with Gasteiger partial charge < -0.3 is 15.5 Å². The Bertz CT molecular complexity index is 1290. The average Bonchev–Trinajstić information content (AvgIpc) is 3.27. The van der Waals surface area contributed by atoms with E-state index in [9.17, 15) is 13.2 Å². The number of hydrogen-bond donors (Lipinski definition) is 3. The molecule has 0 radical (unpaired) electrons. The number of nitrogens with zero attached hydrogens (tertiary/aromatic N) is 3. The van der Waals surface area contributed by atoms with E-state index < -0.39 is 16.1 Å². The van der Waals surface area contributed by atoms with Gasteiger partial charge in [0.25, 0.3) is 0 Å². The van der Waals surface area contributed by atoms with Crippen molar-refractivity contribution < 1.29 is 13.2 Å². The minimum atomic E-state index is -3.64. The Balaban J connectivity index is 1.53. The number of aromatic nitrogens is 2. The van der Waals surface area contributed by atoms with Crippen LogP contribution in [0.15, 0.2) is 53.7 Å². The predicted molar refractivity (Wildman–Crippen MR) is 140 cm³/mol. The lowest BCUT2D eigenvalue weighted by atomic mass is 10.1. The first-order chi connectivity index (χ1) is 16.8. The van der Waals surface area contributed by atoms with Crippen LogP contribution in [0.1, 0.15) is 25.1 Å². The number of hydrogen-bond acceptors (Lipinski definition) is 7. The summed E-state index contributed by atoms with van der Waals surface area (Å²) in [6.07, 6.45) is 4.00. The topological polar surface area (TPSA) is 108 Å². The lowest BCUT2D eigenvalue weighted by Gasteiger charge is -2.35. The van der Waals surface area contributed by atoms with Gasteiger partial charge in [-0.25, -0.2) is 18.1 Å². The number of sulfonamides is 1. The number of carbonyl (C=O) groups is 1. The van der Waals surface area contributed by atoms with Crippen molar-refractivity contribution in [3.63, 3.8) is 0 Å². The number of carbonyl (C=O) groups excluding carboxylic acids is 1. The summed E-state index contributed by atoms with van der Waals surface area (Å²) < 4.78 is 29.2. The van der Waals surface area contributed by atoms with Gasteiger partial charge in [-0.3, -0.25) is 9.36 Å². The Morgan fingerprint density at radius 3 is 2.89 bits per heavy atom. The largest absolute Gasteiger partial charge is 0.380 e. The normalized spacial score (nSPS) is 16.7. The molecule has 4 rings (SSSR count). The smallest absolute Gasteiger partial charge is 0.250 e. The number of halogens is 1. The molecule has 3 N–H and O–H groups in total. The summed E-state index contributed by atoms with van der Waals surface area (Å²) in [6, 6.07) is 10.3.